The molecule has 1 fully saturated rings. The number of carbonyl (C=O) groups is 2. The van der Waals surface area contributed by atoms with Gasteiger partial charge in [0.15, 0.2) is 0 Å². The van der Waals surface area contributed by atoms with Crippen molar-refractivity contribution in [3.8, 4) is 0 Å². The largest absolute Gasteiger partial charge is 0.432 e. The van der Waals surface area contributed by atoms with Crippen molar-refractivity contribution in [2.45, 2.75) is 13.2 Å². The summed E-state index contributed by atoms with van der Waals surface area (Å²) in [5, 5.41) is 9.38. The van der Waals surface area contributed by atoms with E-state index in [-0.39, 0.29) is 5.96 Å². The molecule has 1 rings (SSSR count). The van der Waals surface area contributed by atoms with Crippen molar-refractivity contribution in [1.82, 2.24) is 10.2 Å². The summed E-state index contributed by atoms with van der Waals surface area (Å²) in [5.74, 6) is -1.10. The number of hydrogen-bond donors (Lipinski definition) is 2. The van der Waals surface area contributed by atoms with Crippen LogP contribution in [0, 0.1) is 5.41 Å². The van der Waals surface area contributed by atoms with Crippen LogP contribution in [0.3, 0.4) is 0 Å². The second kappa shape index (κ2) is 2.80. The molecule has 0 radical (unpaired) electrons. The van der Waals surface area contributed by atoms with Crippen molar-refractivity contribution in [3.05, 3.63) is 0 Å². The van der Waals surface area contributed by atoms with Gasteiger partial charge in [-0.2, -0.15) is 0 Å². The van der Waals surface area contributed by atoms with Crippen LogP contribution in [-0.4, -0.2) is 36.0 Å². The van der Waals surface area contributed by atoms with Gasteiger partial charge < -0.3 is 9.64 Å². The first-order valence-corrected chi connectivity index (χ1v) is 3.32. The van der Waals surface area contributed by atoms with Gasteiger partial charge in [0.25, 0.3) is 12.1 Å². The molecule has 2 N–H and O–H groups in total. The minimum Gasteiger partial charge on any atom is -0.432 e. The third kappa shape index (κ3) is 1.36. The highest BCUT2D eigenvalue weighted by Crippen LogP contribution is 2.05. The fourth-order valence-electron chi connectivity index (χ4n) is 0.850. The summed E-state index contributed by atoms with van der Waals surface area (Å²) >= 11 is 0. The number of nitrogens with one attached hydrogen (secondary N) is 2. The molecule has 1 aliphatic heterocycles. The first kappa shape index (κ1) is 8.51. The number of rotatable bonds is 1. The Morgan fingerprint density at radius 2 is 2.33 bits per heavy atom. The number of nitrogens with zero attached hydrogens (tertiary/aromatic N) is 1. The number of hydrogen-bond acceptors (Lipinski definition) is 4. The van der Waals surface area contributed by atoms with Crippen molar-refractivity contribution < 1.29 is 14.3 Å². The highest BCUT2D eigenvalue weighted by Gasteiger charge is 2.35. The maximum atomic E-state index is 11.0. The zero-order valence-corrected chi connectivity index (χ0v) is 6.75. The smallest absolute Gasteiger partial charge is 0.304 e. The lowest BCUT2D eigenvalue weighted by molar-refractivity contribution is -0.157. The summed E-state index contributed by atoms with van der Waals surface area (Å²) < 4.78 is 4.64. The quantitative estimate of drug-likeness (QED) is 0.489. The molecule has 1 unspecified atom stereocenters. The molecule has 1 aliphatic rings. The molecule has 0 saturated carbocycles. The normalized spacial score (nSPS) is 22.5. The van der Waals surface area contributed by atoms with E-state index in [0.717, 1.165) is 0 Å². The van der Waals surface area contributed by atoms with Crippen LogP contribution in [0.15, 0.2) is 0 Å². The molecule has 0 spiro atoms. The van der Waals surface area contributed by atoms with Crippen LogP contribution < -0.4 is 5.32 Å². The molecular formula is C6H9N3O3. The Labute approximate surface area is 69.0 Å². The second-order valence-corrected chi connectivity index (χ2v) is 2.41. The first-order valence-electron chi connectivity index (χ1n) is 3.32. The van der Waals surface area contributed by atoms with Crippen molar-refractivity contribution in [2.75, 3.05) is 7.05 Å². The minimum atomic E-state index is -0.991. The molecule has 1 heterocycles. The van der Waals surface area contributed by atoms with Crippen LogP contribution in [0.4, 0.5) is 0 Å². The average Bonchev–Trinajstić information content (AvgIpc) is 2.16. The predicted octanol–water partition coefficient (Wildman–Crippen LogP) is -1.13. The zero-order valence-electron chi connectivity index (χ0n) is 6.75. The van der Waals surface area contributed by atoms with Crippen molar-refractivity contribution in [3.63, 3.8) is 0 Å². The molecule has 0 aromatic carbocycles. The van der Waals surface area contributed by atoms with Crippen LogP contribution >= 0.6 is 0 Å². The average molecular weight is 171 g/mol. The highest BCUT2D eigenvalue weighted by molar-refractivity contribution is 6.04. The van der Waals surface area contributed by atoms with E-state index in [0.29, 0.717) is 0 Å². The Kier molecular flexibility index (Phi) is 1.99. The molecule has 0 bridgehead atoms. The van der Waals surface area contributed by atoms with E-state index < -0.39 is 18.1 Å². The maximum absolute atomic E-state index is 11.0. The molecule has 1 saturated heterocycles. The zero-order chi connectivity index (χ0) is 9.30. The van der Waals surface area contributed by atoms with Gasteiger partial charge in [-0.25, -0.2) is 0 Å². The molecule has 0 aromatic heterocycles. The van der Waals surface area contributed by atoms with Gasteiger partial charge in [0.1, 0.15) is 0 Å². The summed E-state index contributed by atoms with van der Waals surface area (Å²) in [4.78, 5) is 22.7. The van der Waals surface area contributed by atoms with E-state index in [9.17, 15) is 9.59 Å². The maximum Gasteiger partial charge on any atom is 0.304 e. The fourth-order valence-corrected chi connectivity index (χ4v) is 0.850. The minimum absolute atomic E-state index is 0.0637. The molecule has 66 valence electrons. The molecule has 0 aliphatic carbocycles. The lowest BCUT2D eigenvalue weighted by Crippen LogP contribution is -2.35. The van der Waals surface area contributed by atoms with Crippen LogP contribution in [0.25, 0.3) is 0 Å². The lowest BCUT2D eigenvalue weighted by Gasteiger charge is -2.16. The summed E-state index contributed by atoms with van der Waals surface area (Å²) in [5.41, 5.74) is 0. The Morgan fingerprint density at radius 3 is 2.67 bits per heavy atom. The molecule has 0 aromatic rings. The van der Waals surface area contributed by atoms with Crippen molar-refractivity contribution >= 4 is 17.8 Å². The van der Waals surface area contributed by atoms with Crippen LogP contribution in [0.1, 0.15) is 6.92 Å². The van der Waals surface area contributed by atoms with Crippen molar-refractivity contribution in [2.24, 2.45) is 0 Å². The van der Waals surface area contributed by atoms with E-state index in [1.807, 2.05) is 0 Å². The molecule has 6 heteroatoms. The van der Waals surface area contributed by atoms with E-state index >= 15 is 0 Å². The van der Waals surface area contributed by atoms with Gasteiger partial charge in [-0.3, -0.25) is 20.3 Å². The number of esters is 1. The number of carbonyl (C=O) groups excluding carboxylic acids is 2. The Hall–Kier alpha value is -1.59. The van der Waals surface area contributed by atoms with Crippen LogP contribution in [0.2, 0.25) is 0 Å². The lowest BCUT2D eigenvalue weighted by atomic mass is 10.5. The fraction of sp³-hybridized carbons (Fsp3) is 0.500. The van der Waals surface area contributed by atoms with Gasteiger partial charge >= 0.3 is 5.97 Å². The van der Waals surface area contributed by atoms with E-state index in [2.05, 4.69) is 10.1 Å². The van der Waals surface area contributed by atoms with Gasteiger partial charge in [0.2, 0.25) is 5.96 Å². The molecule has 1 amide bonds. The molecular weight excluding hydrogens is 162 g/mol. The summed E-state index contributed by atoms with van der Waals surface area (Å²) in [6.45, 7) is 1.21. The second-order valence-electron chi connectivity index (χ2n) is 2.41. The number of likely N-dealkylation sites (N-methyl/N-ethyl adjacent to an activating group) is 1. The summed E-state index contributed by atoms with van der Waals surface area (Å²) in [6, 6.07) is 0. The van der Waals surface area contributed by atoms with Crippen molar-refractivity contribution in [1.29, 1.82) is 5.41 Å². The van der Waals surface area contributed by atoms with Gasteiger partial charge in [-0.05, 0) is 0 Å². The van der Waals surface area contributed by atoms with Gasteiger partial charge in [0, 0.05) is 14.0 Å². The van der Waals surface area contributed by atoms with E-state index in [4.69, 9.17) is 5.41 Å². The Bertz CT molecular complexity index is 250. The van der Waals surface area contributed by atoms with Gasteiger partial charge in [-0.15, -0.1) is 0 Å². The predicted molar refractivity (Wildman–Crippen MR) is 39.2 cm³/mol. The molecule has 1 atom stereocenters. The highest BCUT2D eigenvalue weighted by atomic mass is 16.6. The van der Waals surface area contributed by atoms with Gasteiger partial charge in [-0.1, -0.05) is 0 Å². The molecule has 12 heavy (non-hydrogen) atoms. The number of guanidine groups is 1. The number of ether oxygens (including phenoxy) is 1. The number of amides is 1. The van der Waals surface area contributed by atoms with E-state index in [1.165, 1.54) is 18.9 Å². The van der Waals surface area contributed by atoms with Crippen LogP contribution in [0.5, 0.6) is 0 Å². The third-order valence-electron chi connectivity index (χ3n) is 1.45. The van der Waals surface area contributed by atoms with Crippen LogP contribution in [-0.2, 0) is 14.3 Å². The topological polar surface area (TPSA) is 82.5 Å². The summed E-state index contributed by atoms with van der Waals surface area (Å²) in [7, 11) is 1.49. The monoisotopic (exact) mass is 171 g/mol. The first-order chi connectivity index (χ1) is 5.52. The SMILES string of the molecule is CC(=O)OC1C(=O)NC(=N)N1C. The third-order valence-corrected chi connectivity index (χ3v) is 1.45. The van der Waals surface area contributed by atoms with E-state index in [1.54, 1.807) is 0 Å². The standard InChI is InChI=1S/C6H9N3O3/c1-3(10)12-5-4(11)8-6(7)9(5)2/h5H,1-2H3,(H2,7,8,11). The summed E-state index contributed by atoms with van der Waals surface area (Å²) in [6.07, 6.45) is -0.991. The van der Waals surface area contributed by atoms with Gasteiger partial charge in [0.05, 0.1) is 0 Å². The Morgan fingerprint density at radius 1 is 1.75 bits per heavy atom. The molecule has 6 nitrogen and oxygen atoms in total. The Balaban J connectivity index is 2.70.